The molecule has 2 N–H and O–H groups in total. The van der Waals surface area contributed by atoms with E-state index >= 15 is 0 Å². The maximum absolute atomic E-state index is 7.33. The van der Waals surface area contributed by atoms with E-state index in [1.54, 1.807) is 7.05 Å². The summed E-state index contributed by atoms with van der Waals surface area (Å²) in [6.07, 6.45) is 0. The fourth-order valence-electron chi connectivity index (χ4n) is 2.32. The molecular weight excluding hydrogens is 274 g/mol. The first-order valence-electron chi connectivity index (χ1n) is 6.12. The van der Waals surface area contributed by atoms with Crippen LogP contribution in [0.2, 0.25) is 0 Å². The average Bonchev–Trinajstić information content (AvgIpc) is 2.83. The summed E-state index contributed by atoms with van der Waals surface area (Å²) in [5, 5.41) is 12.0. The lowest BCUT2D eigenvalue weighted by Crippen LogP contribution is -2.20. The standard InChI is InChI=1S/C15H12ClN3O/c1-18-14(19-15(16)17)10-6-4-8-12-13(10)9-5-2-3-7-11(9)20-12/h2-8H,1H3,(H2,17,18,19). The Morgan fingerprint density at radius 1 is 1.15 bits per heavy atom. The second-order valence-electron chi connectivity index (χ2n) is 4.28. The van der Waals surface area contributed by atoms with E-state index < -0.39 is 0 Å². The number of amidine groups is 2. The molecule has 0 saturated carbocycles. The van der Waals surface area contributed by atoms with Gasteiger partial charge in [0.2, 0.25) is 5.29 Å². The molecule has 0 fully saturated rings. The molecule has 0 aliphatic carbocycles. The Morgan fingerprint density at radius 3 is 2.65 bits per heavy atom. The van der Waals surface area contributed by atoms with E-state index in [9.17, 15) is 0 Å². The van der Waals surface area contributed by atoms with Crippen molar-refractivity contribution in [2.75, 3.05) is 7.05 Å². The molecule has 0 saturated heterocycles. The number of hydrogen-bond donors (Lipinski definition) is 2. The Bertz CT molecular complexity index is 835. The fourth-order valence-corrected chi connectivity index (χ4v) is 2.41. The number of halogens is 1. The predicted octanol–water partition coefficient (Wildman–Crippen LogP) is 3.73. The quantitative estimate of drug-likeness (QED) is 0.406. The van der Waals surface area contributed by atoms with Crippen molar-refractivity contribution in [1.29, 1.82) is 5.41 Å². The first kappa shape index (κ1) is 12.7. The van der Waals surface area contributed by atoms with Gasteiger partial charge in [-0.2, -0.15) is 0 Å². The molecule has 4 nitrogen and oxygen atoms in total. The molecule has 0 spiro atoms. The molecule has 0 amide bonds. The number of nitrogens with one attached hydrogen (secondary N) is 2. The first-order valence-corrected chi connectivity index (χ1v) is 6.49. The minimum absolute atomic E-state index is 0.265. The Hall–Kier alpha value is -2.33. The molecule has 0 aliphatic rings. The van der Waals surface area contributed by atoms with Gasteiger partial charge in [-0.3, -0.25) is 5.41 Å². The molecule has 0 radical (unpaired) electrons. The van der Waals surface area contributed by atoms with E-state index in [0.29, 0.717) is 5.84 Å². The van der Waals surface area contributed by atoms with E-state index in [2.05, 4.69) is 10.3 Å². The zero-order valence-electron chi connectivity index (χ0n) is 10.8. The number of nitrogens with zero attached hydrogens (tertiary/aromatic N) is 1. The molecule has 2 aromatic carbocycles. The van der Waals surface area contributed by atoms with Gasteiger partial charge in [-0.1, -0.05) is 30.3 Å². The van der Waals surface area contributed by atoms with Crippen molar-refractivity contribution in [2.24, 2.45) is 4.99 Å². The molecule has 3 rings (SSSR count). The van der Waals surface area contributed by atoms with Crippen molar-refractivity contribution < 1.29 is 4.42 Å². The van der Waals surface area contributed by atoms with Gasteiger partial charge in [0.25, 0.3) is 0 Å². The van der Waals surface area contributed by atoms with Crippen molar-refractivity contribution in [3.63, 3.8) is 0 Å². The van der Waals surface area contributed by atoms with Gasteiger partial charge >= 0.3 is 0 Å². The van der Waals surface area contributed by atoms with E-state index in [0.717, 1.165) is 27.5 Å². The van der Waals surface area contributed by atoms with Gasteiger partial charge in [0.15, 0.2) is 0 Å². The van der Waals surface area contributed by atoms with Crippen molar-refractivity contribution in [1.82, 2.24) is 5.32 Å². The van der Waals surface area contributed by atoms with Gasteiger partial charge in [-0.25, -0.2) is 4.99 Å². The SMILES string of the molecule is CN/C(=N\C(=N)Cl)c1cccc2oc3ccccc3c12. The number of aliphatic imine (C=N–C) groups is 1. The maximum atomic E-state index is 7.33. The highest BCUT2D eigenvalue weighted by Crippen LogP contribution is 2.31. The van der Waals surface area contributed by atoms with Crippen LogP contribution in [0.4, 0.5) is 0 Å². The lowest BCUT2D eigenvalue weighted by atomic mass is 10.1. The third-order valence-corrected chi connectivity index (χ3v) is 3.19. The van der Waals surface area contributed by atoms with E-state index in [1.165, 1.54) is 0 Å². The van der Waals surface area contributed by atoms with Gasteiger partial charge in [-0.15, -0.1) is 0 Å². The summed E-state index contributed by atoms with van der Waals surface area (Å²) < 4.78 is 5.82. The van der Waals surface area contributed by atoms with Crippen molar-refractivity contribution in [2.45, 2.75) is 0 Å². The van der Waals surface area contributed by atoms with E-state index in [4.69, 9.17) is 21.4 Å². The van der Waals surface area contributed by atoms with Crippen LogP contribution in [0.25, 0.3) is 21.9 Å². The maximum Gasteiger partial charge on any atom is 0.216 e. The Kier molecular flexibility index (Phi) is 3.16. The van der Waals surface area contributed by atoms with Crippen LogP contribution in [0, 0.1) is 5.41 Å². The highest BCUT2D eigenvalue weighted by molar-refractivity contribution is 6.64. The van der Waals surface area contributed by atoms with Gasteiger partial charge in [0, 0.05) is 23.4 Å². The largest absolute Gasteiger partial charge is 0.456 e. The number of benzene rings is 2. The van der Waals surface area contributed by atoms with E-state index in [-0.39, 0.29) is 5.29 Å². The van der Waals surface area contributed by atoms with Crippen LogP contribution in [0.15, 0.2) is 51.9 Å². The smallest absolute Gasteiger partial charge is 0.216 e. The topological polar surface area (TPSA) is 61.4 Å². The summed E-state index contributed by atoms with van der Waals surface area (Å²) in [5.41, 5.74) is 2.47. The Balaban J connectivity index is 2.38. The molecule has 20 heavy (non-hydrogen) atoms. The molecule has 0 bridgehead atoms. The Labute approximate surface area is 120 Å². The summed E-state index contributed by atoms with van der Waals surface area (Å²) in [7, 11) is 1.75. The zero-order chi connectivity index (χ0) is 14.1. The van der Waals surface area contributed by atoms with Crippen LogP contribution in [0.3, 0.4) is 0 Å². The van der Waals surface area contributed by atoms with Gasteiger partial charge < -0.3 is 9.73 Å². The van der Waals surface area contributed by atoms with Crippen LogP contribution >= 0.6 is 11.6 Å². The summed E-state index contributed by atoms with van der Waals surface area (Å²) in [4.78, 5) is 4.01. The third-order valence-electron chi connectivity index (χ3n) is 3.10. The number of hydrogen-bond acceptors (Lipinski definition) is 2. The lowest BCUT2D eigenvalue weighted by Gasteiger charge is -2.06. The highest BCUT2D eigenvalue weighted by Gasteiger charge is 2.13. The van der Waals surface area contributed by atoms with Crippen LogP contribution in [-0.2, 0) is 0 Å². The highest BCUT2D eigenvalue weighted by atomic mass is 35.5. The summed E-state index contributed by atoms with van der Waals surface area (Å²) >= 11 is 5.58. The first-order chi connectivity index (χ1) is 9.70. The summed E-state index contributed by atoms with van der Waals surface area (Å²) in [5.74, 6) is 0.544. The molecule has 5 heteroatoms. The van der Waals surface area contributed by atoms with Crippen molar-refractivity contribution in [3.8, 4) is 0 Å². The molecule has 1 aromatic heterocycles. The lowest BCUT2D eigenvalue weighted by molar-refractivity contribution is 0.669. The van der Waals surface area contributed by atoms with Crippen molar-refractivity contribution >= 4 is 44.7 Å². The van der Waals surface area contributed by atoms with Crippen LogP contribution in [0.5, 0.6) is 0 Å². The van der Waals surface area contributed by atoms with Crippen molar-refractivity contribution in [3.05, 3.63) is 48.0 Å². The molecule has 100 valence electrons. The molecule has 0 unspecified atom stereocenters. The molecular formula is C15H12ClN3O. The predicted molar refractivity (Wildman–Crippen MR) is 82.9 cm³/mol. The molecule has 1 heterocycles. The van der Waals surface area contributed by atoms with Gasteiger partial charge in [0.1, 0.15) is 17.0 Å². The Morgan fingerprint density at radius 2 is 1.90 bits per heavy atom. The normalized spacial score (nSPS) is 12.0. The van der Waals surface area contributed by atoms with Gasteiger partial charge in [-0.05, 0) is 23.7 Å². The second kappa shape index (κ2) is 4.98. The van der Waals surface area contributed by atoms with Gasteiger partial charge in [0.05, 0.1) is 0 Å². The van der Waals surface area contributed by atoms with E-state index in [1.807, 2.05) is 42.5 Å². The number of rotatable bonds is 1. The number of fused-ring (bicyclic) bond motifs is 3. The zero-order valence-corrected chi connectivity index (χ0v) is 11.5. The summed E-state index contributed by atoms with van der Waals surface area (Å²) in [6, 6.07) is 13.6. The minimum Gasteiger partial charge on any atom is -0.456 e. The number of furan rings is 1. The van der Waals surface area contributed by atoms with Crippen LogP contribution in [-0.4, -0.2) is 18.2 Å². The monoisotopic (exact) mass is 285 g/mol. The fraction of sp³-hybridized carbons (Fsp3) is 0.0667. The van der Waals surface area contributed by atoms with Crippen LogP contribution in [0.1, 0.15) is 5.56 Å². The number of para-hydroxylation sites is 1. The summed E-state index contributed by atoms with van der Waals surface area (Å²) in [6.45, 7) is 0. The molecule has 0 aliphatic heterocycles. The third kappa shape index (κ3) is 2.04. The molecule has 3 aromatic rings. The van der Waals surface area contributed by atoms with Crippen LogP contribution < -0.4 is 5.32 Å². The average molecular weight is 286 g/mol. The second-order valence-corrected chi connectivity index (χ2v) is 4.64. The minimum atomic E-state index is -0.265. The molecule has 0 atom stereocenters.